The van der Waals surface area contributed by atoms with E-state index in [0.29, 0.717) is 66.2 Å². The van der Waals surface area contributed by atoms with Crippen LogP contribution in [-0.4, -0.2) is 84.0 Å². The first-order valence-corrected chi connectivity index (χ1v) is 23.3. The first-order chi connectivity index (χ1) is 33.7. The first kappa shape index (κ1) is 48.4. The van der Waals surface area contributed by atoms with Gasteiger partial charge in [-0.15, -0.1) is 6.58 Å². The molecule has 5 aromatic rings. The van der Waals surface area contributed by atoms with Crippen LogP contribution in [0.2, 0.25) is 0 Å². The van der Waals surface area contributed by atoms with Gasteiger partial charge >= 0.3 is 6.09 Å². The summed E-state index contributed by atoms with van der Waals surface area (Å²) in [5, 5.41) is 38.2. The highest BCUT2D eigenvalue weighted by molar-refractivity contribution is 6.03. The molecule has 1 fully saturated rings. The largest absolute Gasteiger partial charge is 0.496 e. The zero-order chi connectivity index (χ0) is 48.5. The smallest absolute Gasteiger partial charge is 0.416 e. The second kappa shape index (κ2) is 21.9. The molecular formula is C54H57N3O12. The molecule has 0 saturated heterocycles. The molecule has 3 aliphatic rings. The van der Waals surface area contributed by atoms with Crippen molar-refractivity contribution in [1.29, 1.82) is 0 Å². The van der Waals surface area contributed by atoms with Crippen LogP contribution in [0.5, 0.6) is 28.7 Å². The van der Waals surface area contributed by atoms with E-state index in [9.17, 15) is 25.1 Å². The lowest BCUT2D eigenvalue weighted by Gasteiger charge is -2.59. The van der Waals surface area contributed by atoms with Crippen molar-refractivity contribution in [3.8, 4) is 28.7 Å². The van der Waals surface area contributed by atoms with Gasteiger partial charge in [-0.25, -0.2) is 4.79 Å². The maximum absolute atomic E-state index is 15.2. The highest BCUT2D eigenvalue weighted by Gasteiger charge is 2.66. The maximum atomic E-state index is 15.2. The Morgan fingerprint density at radius 2 is 1.65 bits per heavy atom. The van der Waals surface area contributed by atoms with Crippen LogP contribution in [0.25, 0.3) is 10.8 Å². The average Bonchev–Trinajstić information content (AvgIpc) is 3.36. The predicted molar refractivity (Wildman–Crippen MR) is 259 cm³/mol. The van der Waals surface area contributed by atoms with E-state index in [2.05, 4.69) is 12.7 Å². The Hall–Kier alpha value is -7.07. The summed E-state index contributed by atoms with van der Waals surface area (Å²) in [6.45, 7) is 4.18. The molecule has 1 aliphatic heterocycles. The number of benzene rings is 5. The summed E-state index contributed by atoms with van der Waals surface area (Å²) in [6, 6.07) is 28.8. The standard InChI is InChI=1S/C54H57N3O12/c1-4-28-66-54-50(56(33-37-15-11-14-35-12-5-6-16-43(35)37)53(61)68-40-20-18-39(19-21-40)57(62)63)32-47(55-65-3)45-30-36(13-7-9-26-58)44(17-8-10-27-59)51(52(45)54)46-31-42(23-25-49(46)69-54)67-41-22-24-48(64-2)38(29-41)34-60/h4-6,11-12,14-16,18-25,29-31,34,36,44,50-52,58-59H,1,7-10,13,17,26-28,32-33H2,2-3H3. The minimum atomic E-state index is -1.62. The third kappa shape index (κ3) is 10.1. The molecule has 1 saturated carbocycles. The van der Waals surface area contributed by atoms with Crippen molar-refractivity contribution >= 4 is 34.6 Å². The Balaban J connectivity index is 1.34. The van der Waals surface area contributed by atoms with Crippen molar-refractivity contribution < 1.29 is 53.2 Å². The molecule has 1 heterocycles. The summed E-state index contributed by atoms with van der Waals surface area (Å²) < 4.78 is 32.6. The molecule has 0 radical (unpaired) electrons. The van der Waals surface area contributed by atoms with Gasteiger partial charge in [0.05, 0.1) is 42.4 Å². The van der Waals surface area contributed by atoms with Gasteiger partial charge in [0.1, 0.15) is 41.9 Å². The summed E-state index contributed by atoms with van der Waals surface area (Å²) in [5.74, 6) is -0.779. The average molecular weight is 940 g/mol. The number of methoxy groups -OCH3 is 1. The molecule has 5 aromatic carbocycles. The lowest BCUT2D eigenvalue weighted by molar-refractivity contribution is -0.384. The van der Waals surface area contributed by atoms with E-state index in [1.54, 1.807) is 35.2 Å². The number of unbranched alkanes of at least 4 members (excludes halogenated alkanes) is 2. The van der Waals surface area contributed by atoms with Gasteiger partial charge in [-0.3, -0.25) is 19.8 Å². The van der Waals surface area contributed by atoms with Crippen LogP contribution < -0.4 is 18.9 Å². The molecule has 0 bridgehead atoms. The van der Waals surface area contributed by atoms with Crippen LogP contribution in [0.3, 0.4) is 0 Å². The fourth-order valence-electron chi connectivity index (χ4n) is 10.5. The summed E-state index contributed by atoms with van der Waals surface area (Å²) in [4.78, 5) is 45.5. The van der Waals surface area contributed by atoms with Gasteiger partial charge in [0.2, 0.25) is 5.79 Å². The number of nitro benzene ring substituents is 1. The lowest BCUT2D eigenvalue weighted by atomic mass is 9.55. The third-order valence-corrected chi connectivity index (χ3v) is 13.5. The van der Waals surface area contributed by atoms with E-state index >= 15 is 4.79 Å². The minimum absolute atomic E-state index is 0.0200. The lowest BCUT2D eigenvalue weighted by Crippen LogP contribution is -2.70. The number of nitrogens with zero attached hydrogens (tertiary/aromatic N) is 3. The maximum Gasteiger partial charge on any atom is 0.416 e. The number of nitro groups is 1. The van der Waals surface area contributed by atoms with Crippen LogP contribution in [0.1, 0.15) is 72.3 Å². The number of hydrogen-bond donors (Lipinski definition) is 2. The molecule has 15 nitrogen and oxygen atoms in total. The molecule has 360 valence electrons. The molecular weight excluding hydrogens is 883 g/mol. The number of oxime groups is 1. The Bertz CT molecular complexity index is 2720. The van der Waals surface area contributed by atoms with E-state index in [-0.39, 0.29) is 62.0 Å². The Morgan fingerprint density at radius 1 is 0.928 bits per heavy atom. The van der Waals surface area contributed by atoms with Gasteiger partial charge in [0.15, 0.2) is 6.29 Å². The number of hydrogen-bond acceptors (Lipinski definition) is 13. The quantitative estimate of drug-likeness (QED) is 0.0233. The second-order valence-electron chi connectivity index (χ2n) is 17.5. The summed E-state index contributed by atoms with van der Waals surface area (Å²) >= 11 is 0. The van der Waals surface area contributed by atoms with Crippen molar-refractivity contribution in [2.75, 3.05) is 34.0 Å². The summed E-state index contributed by atoms with van der Waals surface area (Å²) in [6.07, 6.45) is 8.09. The van der Waals surface area contributed by atoms with Gasteiger partial charge in [-0.1, -0.05) is 72.6 Å². The number of amides is 1. The number of non-ortho nitro benzene ring substituents is 1. The first-order valence-electron chi connectivity index (χ1n) is 23.3. The van der Waals surface area contributed by atoms with E-state index < -0.39 is 28.8 Å². The summed E-state index contributed by atoms with van der Waals surface area (Å²) in [5.41, 5.74) is 3.25. The third-order valence-electron chi connectivity index (χ3n) is 13.5. The van der Waals surface area contributed by atoms with Crippen LogP contribution >= 0.6 is 0 Å². The molecule has 2 N–H and O–H groups in total. The normalized spacial score (nSPS) is 21.8. The number of rotatable bonds is 21. The summed E-state index contributed by atoms with van der Waals surface area (Å²) in [7, 11) is 2.98. The van der Waals surface area contributed by atoms with Gasteiger partial charge in [0, 0.05) is 43.2 Å². The molecule has 0 aromatic heterocycles. The second-order valence-corrected chi connectivity index (χ2v) is 17.5. The zero-order valence-electron chi connectivity index (χ0n) is 38.7. The van der Waals surface area contributed by atoms with Gasteiger partial charge in [-0.2, -0.15) is 0 Å². The Kier molecular flexibility index (Phi) is 15.4. The molecule has 15 heteroatoms. The number of carbonyl (C=O) groups is 2. The van der Waals surface area contributed by atoms with Crippen LogP contribution in [0, 0.1) is 27.9 Å². The SMILES string of the molecule is C=CCOC12Oc3ccc(Oc4ccc(OC)c(C=O)c4)cc3C3C(CCCCO)C(CCCCO)C=C(C(=NOC)CC1N(Cc1cccc4ccccc14)C(=O)Oc1ccc([N+](=O)[O-])cc1)C32. The van der Waals surface area contributed by atoms with Crippen molar-refractivity contribution in [3.63, 3.8) is 0 Å². The molecule has 0 spiro atoms. The highest BCUT2D eigenvalue weighted by Crippen LogP contribution is 2.62. The van der Waals surface area contributed by atoms with Gasteiger partial charge < -0.3 is 38.7 Å². The fraction of sp³-hybridized carbons (Fsp3) is 0.352. The molecule has 2 aliphatic carbocycles. The zero-order valence-corrected chi connectivity index (χ0v) is 38.7. The van der Waals surface area contributed by atoms with E-state index in [1.165, 1.54) is 38.5 Å². The van der Waals surface area contributed by atoms with Crippen LogP contribution in [0.4, 0.5) is 10.5 Å². The van der Waals surface area contributed by atoms with Crippen LogP contribution in [-0.2, 0) is 16.1 Å². The Labute approximate surface area is 400 Å². The predicted octanol–water partition coefficient (Wildman–Crippen LogP) is 10.3. The number of aldehydes is 1. The van der Waals surface area contributed by atoms with E-state index in [4.69, 9.17) is 33.7 Å². The number of allylic oxidation sites excluding steroid dienone is 1. The molecule has 6 atom stereocenters. The molecule has 6 unspecified atom stereocenters. The molecule has 69 heavy (non-hydrogen) atoms. The fourth-order valence-corrected chi connectivity index (χ4v) is 10.5. The molecule has 1 amide bonds. The highest BCUT2D eigenvalue weighted by atomic mass is 16.7. The number of ether oxygens (including phenoxy) is 5. The van der Waals surface area contributed by atoms with Crippen LogP contribution in [0.15, 0.2) is 133 Å². The number of aliphatic hydroxyl groups excluding tert-OH is 2. The topological polar surface area (TPSA) is 189 Å². The van der Waals surface area contributed by atoms with Crippen molar-refractivity contribution in [1.82, 2.24) is 4.90 Å². The van der Waals surface area contributed by atoms with Gasteiger partial charge in [-0.05, 0) is 108 Å². The number of carbonyl (C=O) groups excluding carboxylic acids is 2. The van der Waals surface area contributed by atoms with Crippen molar-refractivity contribution in [3.05, 3.63) is 154 Å². The van der Waals surface area contributed by atoms with Gasteiger partial charge in [0.25, 0.3) is 5.69 Å². The monoisotopic (exact) mass is 939 g/mol. The number of aliphatic hydroxyl groups is 2. The van der Waals surface area contributed by atoms with E-state index in [0.717, 1.165) is 40.3 Å². The van der Waals surface area contributed by atoms with Crippen molar-refractivity contribution in [2.24, 2.45) is 22.9 Å². The number of fused-ring (bicyclic) bond motifs is 3. The molecule has 8 rings (SSSR count). The van der Waals surface area contributed by atoms with E-state index in [1.807, 2.05) is 54.6 Å². The Morgan fingerprint density at radius 3 is 2.38 bits per heavy atom. The minimum Gasteiger partial charge on any atom is -0.496 e. The van der Waals surface area contributed by atoms with Crippen molar-refractivity contribution in [2.45, 2.75) is 69.2 Å².